The van der Waals surface area contributed by atoms with Crippen molar-refractivity contribution in [3.05, 3.63) is 41.5 Å². The van der Waals surface area contributed by atoms with Crippen molar-refractivity contribution >= 4 is 33.3 Å². The Morgan fingerprint density at radius 2 is 2.24 bits per heavy atom. The van der Waals surface area contributed by atoms with E-state index in [-0.39, 0.29) is 5.91 Å². The summed E-state index contributed by atoms with van der Waals surface area (Å²) in [6.07, 6.45) is 1.35. The molecule has 0 aliphatic rings. The van der Waals surface area contributed by atoms with Crippen LogP contribution in [-0.4, -0.2) is 21.1 Å². The monoisotopic (exact) mass is 244 g/mol. The van der Waals surface area contributed by atoms with Gasteiger partial charge in [-0.15, -0.1) is 11.3 Å². The molecular formula is C11H8N4OS. The fourth-order valence-electron chi connectivity index (χ4n) is 1.59. The molecule has 0 aliphatic heterocycles. The Balaban J connectivity index is 1.96. The van der Waals surface area contributed by atoms with E-state index in [9.17, 15) is 4.79 Å². The van der Waals surface area contributed by atoms with Crippen molar-refractivity contribution in [2.24, 2.45) is 0 Å². The van der Waals surface area contributed by atoms with E-state index in [1.165, 1.54) is 6.33 Å². The molecule has 2 aromatic heterocycles. The molecule has 0 unspecified atom stereocenters. The number of anilines is 1. The fraction of sp³-hybridized carbons (Fsp3) is 0. The molecule has 0 fully saturated rings. The lowest BCUT2D eigenvalue weighted by Gasteiger charge is -1.99. The van der Waals surface area contributed by atoms with Crippen molar-refractivity contribution in [3.63, 3.8) is 0 Å². The molecule has 1 amide bonds. The molecule has 0 aliphatic carbocycles. The minimum absolute atomic E-state index is 0.181. The third-order valence-electron chi connectivity index (χ3n) is 2.37. The van der Waals surface area contributed by atoms with Crippen LogP contribution in [0.3, 0.4) is 0 Å². The van der Waals surface area contributed by atoms with Crippen LogP contribution in [0.25, 0.3) is 10.1 Å². The molecular weight excluding hydrogens is 236 g/mol. The average molecular weight is 244 g/mol. The van der Waals surface area contributed by atoms with Gasteiger partial charge in [0, 0.05) is 15.5 Å². The summed E-state index contributed by atoms with van der Waals surface area (Å²) in [4.78, 5) is 15.8. The Hall–Kier alpha value is -2.21. The van der Waals surface area contributed by atoms with Crippen LogP contribution < -0.4 is 5.32 Å². The number of fused-ring (bicyclic) bond motifs is 1. The van der Waals surface area contributed by atoms with Crippen LogP contribution in [0, 0.1) is 0 Å². The first-order chi connectivity index (χ1) is 8.34. The Bertz CT molecular complexity index is 659. The van der Waals surface area contributed by atoms with Gasteiger partial charge in [-0.3, -0.25) is 10.1 Å². The average Bonchev–Trinajstić information content (AvgIpc) is 2.96. The Morgan fingerprint density at radius 1 is 1.35 bits per heavy atom. The summed E-state index contributed by atoms with van der Waals surface area (Å²) >= 11 is 1.55. The number of benzene rings is 1. The number of aromatic nitrogens is 3. The number of hydrogen-bond donors (Lipinski definition) is 2. The molecule has 0 atom stereocenters. The third-order valence-corrected chi connectivity index (χ3v) is 3.34. The molecule has 1 aromatic carbocycles. The van der Waals surface area contributed by atoms with Gasteiger partial charge >= 0.3 is 0 Å². The van der Waals surface area contributed by atoms with Gasteiger partial charge in [0.2, 0.25) is 5.95 Å². The Kier molecular flexibility index (Phi) is 2.34. The molecule has 5 nitrogen and oxygen atoms in total. The highest BCUT2D eigenvalue weighted by atomic mass is 32.1. The smallest absolute Gasteiger partial charge is 0.259 e. The molecule has 0 spiro atoms. The number of nitrogens with zero attached hydrogens (tertiary/aromatic N) is 2. The van der Waals surface area contributed by atoms with Gasteiger partial charge in [-0.05, 0) is 6.07 Å². The number of hydrogen-bond acceptors (Lipinski definition) is 4. The number of carbonyl (C=O) groups excluding carboxylic acids is 1. The first-order valence-corrected chi connectivity index (χ1v) is 5.85. The second-order valence-corrected chi connectivity index (χ2v) is 4.34. The summed E-state index contributed by atoms with van der Waals surface area (Å²) in [5, 5.41) is 11.7. The maximum atomic E-state index is 12.0. The van der Waals surface area contributed by atoms with Crippen molar-refractivity contribution in [1.82, 2.24) is 15.2 Å². The van der Waals surface area contributed by atoms with Crippen molar-refractivity contribution < 1.29 is 4.79 Å². The van der Waals surface area contributed by atoms with Crippen LogP contribution >= 0.6 is 11.3 Å². The predicted molar refractivity (Wildman–Crippen MR) is 66.2 cm³/mol. The van der Waals surface area contributed by atoms with Crippen molar-refractivity contribution in [1.29, 1.82) is 0 Å². The predicted octanol–water partition coefficient (Wildman–Crippen LogP) is 2.27. The van der Waals surface area contributed by atoms with E-state index in [2.05, 4.69) is 20.5 Å². The number of carbonyl (C=O) groups is 1. The fourth-order valence-corrected chi connectivity index (χ4v) is 2.54. The van der Waals surface area contributed by atoms with E-state index in [1.807, 2.05) is 29.6 Å². The standard InChI is InChI=1S/C11H8N4OS/c16-10(14-11-12-6-13-15-11)8-5-17-9-4-2-1-3-7(8)9/h1-6H,(H2,12,13,14,15,16). The number of H-pyrrole nitrogens is 1. The zero-order valence-electron chi connectivity index (χ0n) is 8.68. The Labute approximate surface area is 101 Å². The van der Waals surface area contributed by atoms with Gasteiger partial charge in [0.05, 0.1) is 5.56 Å². The molecule has 0 saturated carbocycles. The number of rotatable bonds is 2. The number of nitrogens with one attached hydrogen (secondary N) is 2. The molecule has 3 aromatic rings. The first-order valence-electron chi connectivity index (χ1n) is 4.97. The summed E-state index contributed by atoms with van der Waals surface area (Å²) in [5.74, 6) is 0.171. The lowest BCUT2D eigenvalue weighted by molar-refractivity contribution is 0.102. The first kappa shape index (κ1) is 9.98. The molecule has 0 bridgehead atoms. The second-order valence-electron chi connectivity index (χ2n) is 3.43. The number of amides is 1. The number of thiophene rings is 1. The van der Waals surface area contributed by atoms with Crippen molar-refractivity contribution in [3.8, 4) is 0 Å². The van der Waals surface area contributed by atoms with Crippen LogP contribution in [0.2, 0.25) is 0 Å². The minimum Gasteiger partial charge on any atom is -0.291 e. The molecule has 84 valence electrons. The molecule has 2 heterocycles. The van der Waals surface area contributed by atoms with Gasteiger partial charge in [0.25, 0.3) is 5.91 Å². The third kappa shape index (κ3) is 1.78. The van der Waals surface area contributed by atoms with Crippen molar-refractivity contribution in [2.75, 3.05) is 5.32 Å². The summed E-state index contributed by atoms with van der Waals surface area (Å²) in [6, 6.07) is 7.80. The van der Waals surface area contributed by atoms with Gasteiger partial charge in [-0.2, -0.15) is 10.1 Å². The highest BCUT2D eigenvalue weighted by molar-refractivity contribution is 7.17. The van der Waals surface area contributed by atoms with Crippen LogP contribution in [0.1, 0.15) is 10.4 Å². The SMILES string of the molecule is O=C(Nc1ncn[nH]1)c1csc2ccccc12. The normalized spacial score (nSPS) is 10.6. The highest BCUT2D eigenvalue weighted by Crippen LogP contribution is 2.25. The minimum atomic E-state index is -0.181. The lowest BCUT2D eigenvalue weighted by atomic mass is 10.2. The van der Waals surface area contributed by atoms with Gasteiger partial charge in [0.15, 0.2) is 0 Å². The van der Waals surface area contributed by atoms with E-state index in [0.29, 0.717) is 11.5 Å². The van der Waals surface area contributed by atoms with Gasteiger partial charge in [-0.1, -0.05) is 18.2 Å². The number of aromatic amines is 1. The van der Waals surface area contributed by atoms with Crippen molar-refractivity contribution in [2.45, 2.75) is 0 Å². The van der Waals surface area contributed by atoms with Gasteiger partial charge in [-0.25, -0.2) is 5.10 Å². The zero-order valence-corrected chi connectivity index (χ0v) is 9.49. The van der Waals surface area contributed by atoms with Gasteiger partial charge < -0.3 is 0 Å². The quantitative estimate of drug-likeness (QED) is 0.726. The topological polar surface area (TPSA) is 70.7 Å². The van der Waals surface area contributed by atoms with E-state index >= 15 is 0 Å². The van der Waals surface area contributed by atoms with E-state index in [4.69, 9.17) is 0 Å². The Morgan fingerprint density at radius 3 is 3.06 bits per heavy atom. The van der Waals surface area contributed by atoms with Gasteiger partial charge in [0.1, 0.15) is 6.33 Å². The van der Waals surface area contributed by atoms with Crippen LogP contribution in [0.5, 0.6) is 0 Å². The molecule has 0 radical (unpaired) electrons. The maximum Gasteiger partial charge on any atom is 0.259 e. The maximum absolute atomic E-state index is 12.0. The van der Waals surface area contributed by atoms with Crippen LogP contribution in [0.4, 0.5) is 5.95 Å². The molecule has 3 rings (SSSR count). The second kappa shape index (κ2) is 3.99. The van der Waals surface area contributed by atoms with E-state index in [1.54, 1.807) is 11.3 Å². The lowest BCUT2D eigenvalue weighted by Crippen LogP contribution is -2.12. The summed E-state index contributed by atoms with van der Waals surface area (Å²) in [6.45, 7) is 0. The van der Waals surface area contributed by atoms with E-state index in [0.717, 1.165) is 10.1 Å². The summed E-state index contributed by atoms with van der Waals surface area (Å²) < 4.78 is 1.09. The molecule has 6 heteroatoms. The zero-order chi connectivity index (χ0) is 11.7. The van der Waals surface area contributed by atoms with E-state index < -0.39 is 0 Å². The summed E-state index contributed by atoms with van der Waals surface area (Å²) in [7, 11) is 0. The molecule has 17 heavy (non-hydrogen) atoms. The van der Waals surface area contributed by atoms with Crippen LogP contribution in [-0.2, 0) is 0 Å². The molecule has 2 N–H and O–H groups in total. The molecule has 0 saturated heterocycles. The van der Waals surface area contributed by atoms with Crippen LogP contribution in [0.15, 0.2) is 36.0 Å². The highest BCUT2D eigenvalue weighted by Gasteiger charge is 2.12. The largest absolute Gasteiger partial charge is 0.291 e. The summed E-state index contributed by atoms with van der Waals surface area (Å²) in [5.41, 5.74) is 0.655.